The van der Waals surface area contributed by atoms with Gasteiger partial charge in [0.25, 0.3) is 0 Å². The Kier molecular flexibility index (Phi) is 6.29. The molecule has 1 aliphatic rings. The molecule has 0 aromatic heterocycles. The number of rotatable bonds is 8. The van der Waals surface area contributed by atoms with Crippen LogP contribution in [-0.4, -0.2) is 5.78 Å². The summed E-state index contributed by atoms with van der Waals surface area (Å²) in [6, 6.07) is 9.03. The van der Waals surface area contributed by atoms with Crippen molar-refractivity contribution >= 4 is 5.78 Å². The molecule has 0 bridgehead atoms. The van der Waals surface area contributed by atoms with E-state index in [1.807, 2.05) is 0 Å². The first-order valence-corrected chi connectivity index (χ1v) is 8.40. The quantitative estimate of drug-likeness (QED) is 0.577. The Labute approximate surface area is 123 Å². The molecule has 110 valence electrons. The molecule has 1 nitrogen and oxygen atoms in total. The topological polar surface area (TPSA) is 17.1 Å². The van der Waals surface area contributed by atoms with Crippen LogP contribution in [0, 0.1) is 0 Å². The molecule has 0 aliphatic heterocycles. The summed E-state index contributed by atoms with van der Waals surface area (Å²) in [5, 5.41) is 0. The summed E-state index contributed by atoms with van der Waals surface area (Å²) in [5.74, 6) is 0.928. The van der Waals surface area contributed by atoms with Gasteiger partial charge < -0.3 is 0 Å². The first kappa shape index (κ1) is 15.3. The summed E-state index contributed by atoms with van der Waals surface area (Å²) in [6.45, 7) is 2.26. The maximum atomic E-state index is 11.3. The number of hydrogen-bond acceptors (Lipinski definition) is 1. The normalized spacial score (nSPS) is 18.6. The van der Waals surface area contributed by atoms with Crippen molar-refractivity contribution in [1.82, 2.24) is 0 Å². The van der Waals surface area contributed by atoms with Crippen LogP contribution in [-0.2, 0) is 11.2 Å². The molecule has 2 rings (SSSR count). The zero-order valence-electron chi connectivity index (χ0n) is 12.9. The van der Waals surface area contributed by atoms with Crippen molar-refractivity contribution in [2.24, 2.45) is 0 Å². The highest BCUT2D eigenvalue weighted by atomic mass is 16.1. The second kappa shape index (κ2) is 8.24. The highest BCUT2D eigenvalue weighted by Crippen LogP contribution is 2.32. The number of carbonyl (C=O) groups is 1. The lowest BCUT2D eigenvalue weighted by Crippen LogP contribution is -1.95. The molecule has 0 spiro atoms. The van der Waals surface area contributed by atoms with Gasteiger partial charge in [0, 0.05) is 12.8 Å². The third-order valence-electron chi connectivity index (χ3n) is 4.52. The minimum absolute atomic E-state index is 0.436. The van der Waals surface area contributed by atoms with Gasteiger partial charge in [0.05, 0.1) is 0 Å². The molecule has 0 radical (unpaired) electrons. The number of Topliss-reactive ketones (excluding diaryl/α,β-unsaturated/α-hetero) is 1. The van der Waals surface area contributed by atoms with E-state index in [2.05, 4.69) is 31.2 Å². The lowest BCUT2D eigenvalue weighted by Gasteiger charge is -2.09. The van der Waals surface area contributed by atoms with E-state index in [1.54, 1.807) is 0 Å². The van der Waals surface area contributed by atoms with Crippen LogP contribution in [0.5, 0.6) is 0 Å². The summed E-state index contributed by atoms with van der Waals surface area (Å²) in [6.07, 6.45) is 12.0. The number of hydrogen-bond donors (Lipinski definition) is 0. The van der Waals surface area contributed by atoms with Crippen molar-refractivity contribution in [3.05, 3.63) is 35.4 Å². The van der Waals surface area contributed by atoms with Crippen molar-refractivity contribution in [2.45, 2.75) is 77.0 Å². The fourth-order valence-electron chi connectivity index (χ4n) is 3.16. The molecule has 1 atom stereocenters. The highest BCUT2D eigenvalue weighted by Gasteiger charge is 2.23. The smallest absolute Gasteiger partial charge is 0.133 e. The Morgan fingerprint density at radius 1 is 1.00 bits per heavy atom. The molecule has 0 saturated heterocycles. The van der Waals surface area contributed by atoms with Crippen molar-refractivity contribution < 1.29 is 4.79 Å². The van der Waals surface area contributed by atoms with Crippen LogP contribution in [0.25, 0.3) is 0 Å². The van der Waals surface area contributed by atoms with Crippen LogP contribution >= 0.6 is 0 Å². The highest BCUT2D eigenvalue weighted by molar-refractivity contribution is 5.81. The summed E-state index contributed by atoms with van der Waals surface area (Å²) in [4.78, 5) is 11.3. The van der Waals surface area contributed by atoms with E-state index in [1.165, 1.54) is 56.1 Å². The number of aryl methyl sites for hydroxylation is 1. The average Bonchev–Trinajstić information content (AvgIpc) is 2.90. The Morgan fingerprint density at radius 3 is 2.35 bits per heavy atom. The number of unbranched alkanes of at least 4 members (excludes halogenated alkanes) is 5. The predicted octanol–water partition coefficient (Wildman–Crippen LogP) is 5.43. The molecule has 20 heavy (non-hydrogen) atoms. The fraction of sp³-hybridized carbons (Fsp3) is 0.632. The van der Waals surface area contributed by atoms with Crippen LogP contribution in [0.4, 0.5) is 0 Å². The average molecular weight is 272 g/mol. The van der Waals surface area contributed by atoms with Crippen LogP contribution < -0.4 is 0 Å². The van der Waals surface area contributed by atoms with Crippen molar-refractivity contribution in [2.75, 3.05) is 0 Å². The minimum atomic E-state index is 0.436. The third-order valence-corrected chi connectivity index (χ3v) is 4.52. The summed E-state index contributed by atoms with van der Waals surface area (Å²) < 4.78 is 0. The van der Waals surface area contributed by atoms with Crippen molar-refractivity contribution in [3.8, 4) is 0 Å². The van der Waals surface area contributed by atoms with E-state index in [9.17, 15) is 4.79 Å². The second-order valence-corrected chi connectivity index (χ2v) is 6.24. The molecule has 1 aromatic rings. The SMILES string of the molecule is CCCCCCCCc1ccc([C@H]2CCC(=O)C2)cc1. The van der Waals surface area contributed by atoms with E-state index in [0.29, 0.717) is 11.7 Å². The van der Waals surface area contributed by atoms with E-state index in [-0.39, 0.29) is 0 Å². The Hall–Kier alpha value is -1.11. The molecule has 0 N–H and O–H groups in total. The fourth-order valence-corrected chi connectivity index (χ4v) is 3.16. The monoisotopic (exact) mass is 272 g/mol. The summed E-state index contributed by atoms with van der Waals surface area (Å²) in [7, 11) is 0. The lowest BCUT2D eigenvalue weighted by atomic mass is 9.95. The van der Waals surface area contributed by atoms with E-state index < -0.39 is 0 Å². The lowest BCUT2D eigenvalue weighted by molar-refractivity contribution is -0.117. The van der Waals surface area contributed by atoms with E-state index in [4.69, 9.17) is 0 Å². The molecule has 0 heterocycles. The molecular formula is C19H28O. The largest absolute Gasteiger partial charge is 0.300 e. The van der Waals surface area contributed by atoms with E-state index in [0.717, 1.165) is 19.3 Å². The van der Waals surface area contributed by atoms with Gasteiger partial charge in [0.15, 0.2) is 0 Å². The first-order valence-electron chi connectivity index (χ1n) is 8.40. The van der Waals surface area contributed by atoms with Gasteiger partial charge in [-0.05, 0) is 36.3 Å². The summed E-state index contributed by atoms with van der Waals surface area (Å²) in [5.41, 5.74) is 2.82. The predicted molar refractivity (Wildman–Crippen MR) is 85.1 cm³/mol. The molecule has 1 aromatic carbocycles. The molecule has 1 fully saturated rings. The zero-order valence-corrected chi connectivity index (χ0v) is 12.9. The number of benzene rings is 1. The molecular weight excluding hydrogens is 244 g/mol. The van der Waals surface area contributed by atoms with Gasteiger partial charge in [-0.25, -0.2) is 0 Å². The maximum absolute atomic E-state index is 11.3. The molecule has 1 heteroatoms. The van der Waals surface area contributed by atoms with Gasteiger partial charge in [-0.1, -0.05) is 63.3 Å². The maximum Gasteiger partial charge on any atom is 0.133 e. The van der Waals surface area contributed by atoms with Crippen LogP contribution in [0.1, 0.15) is 81.8 Å². The Balaban J connectivity index is 1.70. The molecule has 0 unspecified atom stereocenters. The summed E-state index contributed by atoms with van der Waals surface area (Å²) >= 11 is 0. The van der Waals surface area contributed by atoms with Gasteiger partial charge >= 0.3 is 0 Å². The number of ketones is 1. The van der Waals surface area contributed by atoms with Gasteiger partial charge in [-0.2, -0.15) is 0 Å². The molecule has 1 saturated carbocycles. The second-order valence-electron chi connectivity index (χ2n) is 6.24. The van der Waals surface area contributed by atoms with Crippen LogP contribution in [0.15, 0.2) is 24.3 Å². The first-order chi connectivity index (χ1) is 9.79. The van der Waals surface area contributed by atoms with Crippen LogP contribution in [0.3, 0.4) is 0 Å². The Bertz CT molecular complexity index is 404. The van der Waals surface area contributed by atoms with Gasteiger partial charge in [0.1, 0.15) is 5.78 Å². The van der Waals surface area contributed by atoms with Crippen molar-refractivity contribution in [3.63, 3.8) is 0 Å². The van der Waals surface area contributed by atoms with Gasteiger partial charge in [-0.3, -0.25) is 4.79 Å². The molecule has 1 aliphatic carbocycles. The minimum Gasteiger partial charge on any atom is -0.300 e. The van der Waals surface area contributed by atoms with Crippen LogP contribution in [0.2, 0.25) is 0 Å². The van der Waals surface area contributed by atoms with Crippen molar-refractivity contribution in [1.29, 1.82) is 0 Å². The van der Waals surface area contributed by atoms with Gasteiger partial charge in [-0.15, -0.1) is 0 Å². The van der Waals surface area contributed by atoms with E-state index >= 15 is 0 Å². The standard InChI is InChI=1S/C19H28O/c1-2-3-4-5-6-7-8-16-9-11-17(12-10-16)18-13-14-19(20)15-18/h9-12,18H,2-8,13-15H2,1H3/t18-/m0/s1. The Morgan fingerprint density at radius 2 is 1.70 bits per heavy atom. The molecule has 0 amide bonds. The van der Waals surface area contributed by atoms with Gasteiger partial charge in [0.2, 0.25) is 0 Å². The zero-order chi connectivity index (χ0) is 14.2. The number of carbonyl (C=O) groups excluding carboxylic acids is 1. The third kappa shape index (κ3) is 4.77.